The molecule has 2 aromatic carbocycles. The van der Waals surface area contributed by atoms with Crippen LogP contribution >= 0.6 is 0 Å². The third-order valence-electron chi connectivity index (χ3n) is 4.03. The van der Waals surface area contributed by atoms with Gasteiger partial charge in [-0.15, -0.1) is 0 Å². The first kappa shape index (κ1) is 20.5. The van der Waals surface area contributed by atoms with E-state index in [1.807, 2.05) is 19.1 Å². The number of carbonyl (C=O) groups is 1. The van der Waals surface area contributed by atoms with Gasteiger partial charge in [-0.05, 0) is 43.2 Å². The summed E-state index contributed by atoms with van der Waals surface area (Å²) in [6, 6.07) is 12.0. The fourth-order valence-corrected chi connectivity index (χ4v) is 2.63. The molecule has 7 heteroatoms. The Hall–Kier alpha value is -2.80. The SMILES string of the molecule is CC(=Cc1ccccc1C(F)(F)F)CNC(C)c1ccc(NC(N)=O)cc1. The molecule has 0 spiro atoms. The maximum atomic E-state index is 13.1. The van der Waals surface area contributed by atoms with Crippen molar-refractivity contribution in [3.05, 3.63) is 70.8 Å². The lowest BCUT2D eigenvalue weighted by atomic mass is 10.0. The van der Waals surface area contributed by atoms with Gasteiger partial charge in [-0.1, -0.05) is 42.0 Å². The number of nitrogens with one attached hydrogen (secondary N) is 2. The molecule has 0 saturated carbocycles. The minimum atomic E-state index is -4.38. The highest BCUT2D eigenvalue weighted by atomic mass is 19.4. The molecule has 0 bridgehead atoms. The van der Waals surface area contributed by atoms with Crippen LogP contribution in [0.3, 0.4) is 0 Å². The van der Waals surface area contributed by atoms with E-state index >= 15 is 0 Å². The highest BCUT2D eigenvalue weighted by molar-refractivity contribution is 5.87. The fraction of sp³-hybridized carbons (Fsp3) is 0.250. The monoisotopic (exact) mass is 377 g/mol. The molecule has 2 aromatic rings. The third kappa shape index (κ3) is 6.14. The fourth-order valence-electron chi connectivity index (χ4n) is 2.63. The van der Waals surface area contributed by atoms with E-state index in [2.05, 4.69) is 10.6 Å². The van der Waals surface area contributed by atoms with E-state index in [9.17, 15) is 18.0 Å². The van der Waals surface area contributed by atoms with Crippen LogP contribution in [0.4, 0.5) is 23.7 Å². The third-order valence-corrected chi connectivity index (χ3v) is 4.03. The Morgan fingerprint density at radius 2 is 1.78 bits per heavy atom. The van der Waals surface area contributed by atoms with Crippen LogP contribution in [0.1, 0.15) is 36.6 Å². The van der Waals surface area contributed by atoms with Gasteiger partial charge in [0.15, 0.2) is 0 Å². The van der Waals surface area contributed by atoms with Crippen molar-refractivity contribution < 1.29 is 18.0 Å². The highest BCUT2D eigenvalue weighted by Gasteiger charge is 2.32. The highest BCUT2D eigenvalue weighted by Crippen LogP contribution is 2.32. The van der Waals surface area contributed by atoms with Gasteiger partial charge in [0, 0.05) is 18.3 Å². The molecule has 0 aliphatic rings. The van der Waals surface area contributed by atoms with Crippen LogP contribution in [-0.2, 0) is 6.18 Å². The first-order valence-electron chi connectivity index (χ1n) is 8.40. The van der Waals surface area contributed by atoms with Crippen molar-refractivity contribution in [2.45, 2.75) is 26.1 Å². The summed E-state index contributed by atoms with van der Waals surface area (Å²) in [4.78, 5) is 10.8. The van der Waals surface area contributed by atoms with Gasteiger partial charge >= 0.3 is 12.2 Å². The molecule has 0 heterocycles. The number of rotatable bonds is 6. The minimum Gasteiger partial charge on any atom is -0.351 e. The van der Waals surface area contributed by atoms with E-state index in [1.165, 1.54) is 12.1 Å². The summed E-state index contributed by atoms with van der Waals surface area (Å²) in [5, 5.41) is 5.76. The zero-order valence-electron chi connectivity index (χ0n) is 15.1. The van der Waals surface area contributed by atoms with Gasteiger partial charge in [0.2, 0.25) is 0 Å². The molecule has 1 unspecified atom stereocenters. The van der Waals surface area contributed by atoms with Crippen molar-refractivity contribution in [3.8, 4) is 0 Å². The lowest BCUT2D eigenvalue weighted by Crippen LogP contribution is -2.21. The molecular formula is C20H22F3N3O. The van der Waals surface area contributed by atoms with Crippen LogP contribution in [0.5, 0.6) is 0 Å². The maximum Gasteiger partial charge on any atom is 0.416 e. The molecule has 0 radical (unpaired) electrons. The van der Waals surface area contributed by atoms with Gasteiger partial charge in [0.05, 0.1) is 5.56 Å². The van der Waals surface area contributed by atoms with Gasteiger partial charge in [0.1, 0.15) is 0 Å². The summed E-state index contributed by atoms with van der Waals surface area (Å²) >= 11 is 0. The number of hydrogen-bond acceptors (Lipinski definition) is 2. The first-order chi connectivity index (χ1) is 12.7. The molecular weight excluding hydrogens is 355 g/mol. The Bertz CT molecular complexity index is 814. The first-order valence-corrected chi connectivity index (χ1v) is 8.40. The average molecular weight is 377 g/mol. The van der Waals surface area contributed by atoms with Crippen molar-refractivity contribution in [2.75, 3.05) is 11.9 Å². The predicted octanol–water partition coefficient (Wildman–Crippen LogP) is 4.95. The van der Waals surface area contributed by atoms with Crippen LogP contribution in [0.2, 0.25) is 0 Å². The van der Waals surface area contributed by atoms with Crippen LogP contribution in [0.25, 0.3) is 6.08 Å². The lowest BCUT2D eigenvalue weighted by Gasteiger charge is -2.16. The Kier molecular flexibility index (Phi) is 6.63. The number of amides is 2. The largest absolute Gasteiger partial charge is 0.416 e. The zero-order valence-corrected chi connectivity index (χ0v) is 15.1. The molecule has 4 nitrogen and oxygen atoms in total. The molecule has 0 saturated heterocycles. The summed E-state index contributed by atoms with van der Waals surface area (Å²) in [7, 11) is 0. The van der Waals surface area contributed by atoms with Crippen LogP contribution < -0.4 is 16.4 Å². The predicted molar refractivity (Wildman–Crippen MR) is 101 cm³/mol. The number of hydrogen-bond donors (Lipinski definition) is 3. The molecule has 0 aliphatic carbocycles. The minimum absolute atomic E-state index is 0.0196. The maximum absolute atomic E-state index is 13.1. The van der Waals surface area contributed by atoms with E-state index < -0.39 is 17.8 Å². The summed E-state index contributed by atoms with van der Waals surface area (Å²) in [6.45, 7) is 4.18. The molecule has 0 fully saturated rings. The second-order valence-corrected chi connectivity index (χ2v) is 6.29. The summed E-state index contributed by atoms with van der Waals surface area (Å²) in [6.07, 6.45) is -2.84. The molecule has 4 N–H and O–H groups in total. The van der Waals surface area contributed by atoms with Gasteiger partial charge in [-0.3, -0.25) is 0 Å². The van der Waals surface area contributed by atoms with Gasteiger partial charge in [0.25, 0.3) is 0 Å². The number of primary amides is 1. The molecule has 2 rings (SSSR count). The van der Waals surface area contributed by atoms with E-state index in [0.29, 0.717) is 12.2 Å². The van der Waals surface area contributed by atoms with E-state index in [-0.39, 0.29) is 11.6 Å². The van der Waals surface area contributed by atoms with Crippen molar-refractivity contribution in [2.24, 2.45) is 5.73 Å². The number of urea groups is 1. The molecule has 1 atom stereocenters. The van der Waals surface area contributed by atoms with Gasteiger partial charge < -0.3 is 16.4 Å². The Balaban J connectivity index is 2.02. The van der Waals surface area contributed by atoms with Gasteiger partial charge in [-0.2, -0.15) is 13.2 Å². The number of nitrogens with two attached hydrogens (primary N) is 1. The van der Waals surface area contributed by atoms with Crippen molar-refractivity contribution in [1.82, 2.24) is 5.32 Å². The second kappa shape index (κ2) is 8.73. The molecule has 0 aliphatic heterocycles. The number of benzene rings is 2. The van der Waals surface area contributed by atoms with E-state index in [1.54, 1.807) is 31.2 Å². The number of alkyl halides is 3. The van der Waals surface area contributed by atoms with Crippen LogP contribution in [-0.4, -0.2) is 12.6 Å². The number of halogens is 3. The normalized spacial score (nSPS) is 13.3. The number of anilines is 1. The summed E-state index contributed by atoms with van der Waals surface area (Å²) in [5.41, 5.74) is 6.93. The number of carbonyl (C=O) groups excluding carboxylic acids is 1. The molecule has 144 valence electrons. The molecule has 2 amide bonds. The van der Waals surface area contributed by atoms with Crippen molar-refractivity contribution in [3.63, 3.8) is 0 Å². The average Bonchev–Trinajstić information content (AvgIpc) is 2.59. The van der Waals surface area contributed by atoms with E-state index in [4.69, 9.17) is 5.73 Å². The van der Waals surface area contributed by atoms with Crippen molar-refractivity contribution in [1.29, 1.82) is 0 Å². The molecule has 27 heavy (non-hydrogen) atoms. The topological polar surface area (TPSA) is 67.2 Å². The standard InChI is InChI=1S/C20H22F3N3O/c1-13(11-16-5-3-4-6-18(16)20(21,22)23)12-25-14(2)15-7-9-17(10-8-15)26-19(24)27/h3-11,14,25H,12H2,1-2H3,(H3,24,26,27). The van der Waals surface area contributed by atoms with Crippen LogP contribution in [0.15, 0.2) is 54.1 Å². The molecule has 0 aromatic heterocycles. The lowest BCUT2D eigenvalue weighted by molar-refractivity contribution is -0.137. The summed E-state index contributed by atoms with van der Waals surface area (Å²) in [5.74, 6) is 0. The van der Waals surface area contributed by atoms with Crippen molar-refractivity contribution >= 4 is 17.8 Å². The smallest absolute Gasteiger partial charge is 0.351 e. The Morgan fingerprint density at radius 1 is 1.15 bits per heavy atom. The zero-order chi connectivity index (χ0) is 20.0. The van der Waals surface area contributed by atoms with Crippen LogP contribution in [0, 0.1) is 0 Å². The van der Waals surface area contributed by atoms with Gasteiger partial charge in [-0.25, -0.2) is 4.79 Å². The van der Waals surface area contributed by atoms with E-state index in [0.717, 1.165) is 17.2 Å². The summed E-state index contributed by atoms with van der Waals surface area (Å²) < 4.78 is 39.2. The quantitative estimate of drug-likeness (QED) is 0.667. The Labute approximate surface area is 156 Å². The Morgan fingerprint density at radius 3 is 2.37 bits per heavy atom. The second-order valence-electron chi connectivity index (χ2n) is 6.29.